The van der Waals surface area contributed by atoms with Crippen LogP contribution in [0.4, 0.5) is 11.4 Å². The Bertz CT molecular complexity index is 719. The molecule has 2 aromatic carbocycles. The van der Waals surface area contributed by atoms with Gasteiger partial charge in [0.25, 0.3) is 5.91 Å². The van der Waals surface area contributed by atoms with E-state index in [4.69, 9.17) is 0 Å². The Morgan fingerprint density at radius 3 is 2.71 bits per heavy atom. The topological polar surface area (TPSA) is 32.3 Å². The van der Waals surface area contributed by atoms with E-state index in [0.717, 1.165) is 23.5 Å². The average molecular weight is 278 g/mol. The van der Waals surface area contributed by atoms with E-state index in [-0.39, 0.29) is 5.91 Å². The van der Waals surface area contributed by atoms with Crippen molar-refractivity contribution in [3.8, 4) is 0 Å². The quantitative estimate of drug-likeness (QED) is 0.866. The minimum absolute atomic E-state index is 0.0395. The third-order valence-electron chi connectivity index (χ3n) is 3.67. The smallest absolute Gasteiger partial charge is 0.257 e. The first-order valence-electron chi connectivity index (χ1n) is 7.15. The van der Waals surface area contributed by atoms with Gasteiger partial charge in [0.05, 0.1) is 5.57 Å². The van der Waals surface area contributed by atoms with Gasteiger partial charge in [-0.3, -0.25) is 4.79 Å². The van der Waals surface area contributed by atoms with Gasteiger partial charge in [-0.05, 0) is 37.6 Å². The maximum Gasteiger partial charge on any atom is 0.257 e. The number of benzene rings is 2. The zero-order valence-corrected chi connectivity index (χ0v) is 12.3. The number of anilines is 2. The maximum absolute atomic E-state index is 12.2. The molecule has 106 valence electrons. The van der Waals surface area contributed by atoms with E-state index < -0.39 is 0 Å². The first-order chi connectivity index (χ1) is 10.2. The van der Waals surface area contributed by atoms with Crippen molar-refractivity contribution in [1.29, 1.82) is 0 Å². The molecule has 0 saturated carbocycles. The summed E-state index contributed by atoms with van der Waals surface area (Å²) in [6.07, 6.45) is 1.94. The van der Waals surface area contributed by atoms with Crippen molar-refractivity contribution < 1.29 is 4.79 Å². The number of aryl methyl sites for hydroxylation is 1. The number of hydrogen-bond donors (Lipinski definition) is 1. The number of rotatable bonds is 3. The predicted octanol–water partition coefficient (Wildman–Crippen LogP) is 3.81. The highest BCUT2D eigenvalue weighted by atomic mass is 16.2. The lowest BCUT2D eigenvalue weighted by atomic mass is 10.1. The third-order valence-corrected chi connectivity index (χ3v) is 3.67. The molecular formula is C18H18N2O. The summed E-state index contributed by atoms with van der Waals surface area (Å²) in [5.41, 5.74) is 4.87. The Kier molecular flexibility index (Phi) is 3.48. The average Bonchev–Trinajstić information content (AvgIpc) is 2.80. The highest BCUT2D eigenvalue weighted by molar-refractivity contribution is 6.31. The summed E-state index contributed by atoms with van der Waals surface area (Å²) in [7, 11) is 0. The molecule has 1 N–H and O–H groups in total. The Morgan fingerprint density at radius 2 is 1.95 bits per heavy atom. The number of amides is 1. The largest absolute Gasteiger partial charge is 0.347 e. The van der Waals surface area contributed by atoms with Crippen molar-refractivity contribution in [3.63, 3.8) is 0 Å². The predicted molar refractivity (Wildman–Crippen MR) is 87.2 cm³/mol. The minimum Gasteiger partial charge on any atom is -0.347 e. The van der Waals surface area contributed by atoms with Crippen LogP contribution < -0.4 is 10.2 Å². The third kappa shape index (κ3) is 2.55. The van der Waals surface area contributed by atoms with E-state index in [1.807, 2.05) is 36.5 Å². The summed E-state index contributed by atoms with van der Waals surface area (Å²) in [5, 5.41) is 2.91. The second-order valence-electron chi connectivity index (χ2n) is 5.17. The van der Waals surface area contributed by atoms with Gasteiger partial charge in [-0.1, -0.05) is 30.3 Å². The normalized spacial score (nSPS) is 15.0. The zero-order valence-electron chi connectivity index (χ0n) is 12.3. The summed E-state index contributed by atoms with van der Waals surface area (Å²) in [6.45, 7) is 4.96. The van der Waals surface area contributed by atoms with Crippen molar-refractivity contribution in [1.82, 2.24) is 0 Å². The summed E-state index contributed by atoms with van der Waals surface area (Å²) in [5.74, 6) is -0.0395. The van der Waals surface area contributed by atoms with Crippen LogP contribution >= 0.6 is 0 Å². The van der Waals surface area contributed by atoms with Crippen molar-refractivity contribution in [2.45, 2.75) is 13.8 Å². The summed E-state index contributed by atoms with van der Waals surface area (Å²) < 4.78 is 0. The van der Waals surface area contributed by atoms with E-state index >= 15 is 0 Å². The number of nitrogens with zero attached hydrogens (tertiary/aromatic N) is 1. The summed E-state index contributed by atoms with van der Waals surface area (Å²) in [4.78, 5) is 14.3. The molecule has 0 radical (unpaired) electrons. The van der Waals surface area contributed by atoms with Crippen molar-refractivity contribution in [3.05, 3.63) is 65.9 Å². The lowest BCUT2D eigenvalue weighted by Crippen LogP contribution is -2.17. The minimum atomic E-state index is -0.0395. The fourth-order valence-corrected chi connectivity index (χ4v) is 2.58. The first-order valence-corrected chi connectivity index (χ1v) is 7.15. The number of carbonyl (C=O) groups is 1. The molecule has 0 atom stereocenters. The molecule has 1 heterocycles. The molecule has 3 rings (SSSR count). The standard InChI is InChI=1S/C18H18N2O/c1-3-20(14-8-6-7-13(2)11-14)12-16-15-9-4-5-10-17(15)19-18(16)21/h4-12H,3H2,1-2H3,(H,19,21)/b16-12+. The van der Waals surface area contributed by atoms with Gasteiger partial charge in [-0.15, -0.1) is 0 Å². The molecule has 1 amide bonds. The lowest BCUT2D eigenvalue weighted by Gasteiger charge is -2.19. The highest BCUT2D eigenvalue weighted by Crippen LogP contribution is 2.32. The number of hydrogen-bond acceptors (Lipinski definition) is 2. The second-order valence-corrected chi connectivity index (χ2v) is 5.17. The fourth-order valence-electron chi connectivity index (χ4n) is 2.58. The van der Waals surface area contributed by atoms with Gasteiger partial charge >= 0.3 is 0 Å². The van der Waals surface area contributed by atoms with Crippen LogP contribution in [0.3, 0.4) is 0 Å². The molecule has 0 fully saturated rings. The molecule has 0 unspecified atom stereocenters. The number of carbonyl (C=O) groups excluding carboxylic acids is 1. The van der Waals surface area contributed by atoms with Crippen molar-refractivity contribution in [2.75, 3.05) is 16.8 Å². The van der Waals surface area contributed by atoms with E-state index in [1.165, 1.54) is 5.56 Å². The SMILES string of the molecule is CCN(/C=C1/C(=O)Nc2ccccc21)c1cccc(C)c1. The molecule has 1 aliphatic heterocycles. The van der Waals surface area contributed by atoms with Crippen LogP contribution in [0.5, 0.6) is 0 Å². The van der Waals surface area contributed by atoms with Gasteiger partial charge in [-0.25, -0.2) is 0 Å². The Labute approximate surface area is 124 Å². The summed E-state index contributed by atoms with van der Waals surface area (Å²) >= 11 is 0. The van der Waals surface area contributed by atoms with Crippen LogP contribution in [0, 0.1) is 6.92 Å². The van der Waals surface area contributed by atoms with Crippen LogP contribution in [0.25, 0.3) is 5.57 Å². The van der Waals surface area contributed by atoms with Crippen molar-refractivity contribution >= 4 is 22.9 Å². The van der Waals surface area contributed by atoms with E-state index in [0.29, 0.717) is 5.57 Å². The first kappa shape index (κ1) is 13.4. The van der Waals surface area contributed by atoms with Gasteiger partial charge < -0.3 is 10.2 Å². The Morgan fingerprint density at radius 1 is 1.14 bits per heavy atom. The molecule has 0 saturated heterocycles. The van der Waals surface area contributed by atoms with Gasteiger partial charge in [0.1, 0.15) is 0 Å². The van der Waals surface area contributed by atoms with Crippen LogP contribution in [-0.2, 0) is 4.79 Å². The summed E-state index contributed by atoms with van der Waals surface area (Å²) in [6, 6.07) is 16.1. The van der Waals surface area contributed by atoms with Crippen LogP contribution in [-0.4, -0.2) is 12.5 Å². The molecule has 1 aliphatic rings. The van der Waals surface area contributed by atoms with Crippen molar-refractivity contribution in [2.24, 2.45) is 0 Å². The molecule has 0 spiro atoms. The van der Waals surface area contributed by atoms with Crippen LogP contribution in [0.1, 0.15) is 18.1 Å². The maximum atomic E-state index is 12.2. The van der Waals surface area contributed by atoms with Gasteiger partial charge in [0, 0.05) is 29.7 Å². The van der Waals surface area contributed by atoms with Gasteiger partial charge in [0.15, 0.2) is 0 Å². The Balaban J connectivity index is 2.01. The molecule has 0 aromatic heterocycles. The van der Waals surface area contributed by atoms with E-state index in [2.05, 4.69) is 42.3 Å². The number of para-hydroxylation sites is 1. The molecule has 3 nitrogen and oxygen atoms in total. The number of nitrogens with one attached hydrogen (secondary N) is 1. The van der Waals surface area contributed by atoms with Crippen LogP contribution in [0.15, 0.2) is 54.7 Å². The zero-order chi connectivity index (χ0) is 14.8. The molecule has 2 aromatic rings. The van der Waals surface area contributed by atoms with E-state index in [9.17, 15) is 4.79 Å². The lowest BCUT2D eigenvalue weighted by molar-refractivity contribution is -0.110. The number of fused-ring (bicyclic) bond motifs is 1. The molecule has 21 heavy (non-hydrogen) atoms. The molecule has 3 heteroatoms. The van der Waals surface area contributed by atoms with Gasteiger partial charge in [0.2, 0.25) is 0 Å². The van der Waals surface area contributed by atoms with Gasteiger partial charge in [-0.2, -0.15) is 0 Å². The Hall–Kier alpha value is -2.55. The van der Waals surface area contributed by atoms with E-state index in [1.54, 1.807) is 0 Å². The van der Waals surface area contributed by atoms with Crippen LogP contribution in [0.2, 0.25) is 0 Å². The molecular weight excluding hydrogens is 260 g/mol. The monoisotopic (exact) mass is 278 g/mol. The fraction of sp³-hybridized carbons (Fsp3) is 0.167. The molecule has 0 aliphatic carbocycles. The highest BCUT2D eigenvalue weighted by Gasteiger charge is 2.24. The second kappa shape index (κ2) is 5.44. The molecule has 0 bridgehead atoms.